The summed E-state index contributed by atoms with van der Waals surface area (Å²) in [6.07, 6.45) is -4.25. The quantitative estimate of drug-likeness (QED) is 0.344. The van der Waals surface area contributed by atoms with Gasteiger partial charge in [0.25, 0.3) is 5.79 Å². The van der Waals surface area contributed by atoms with E-state index in [1.54, 1.807) is 0 Å². The summed E-state index contributed by atoms with van der Waals surface area (Å²) in [5.41, 5.74) is 0. The summed E-state index contributed by atoms with van der Waals surface area (Å²) in [5, 5.41) is 41.0. The van der Waals surface area contributed by atoms with E-state index in [2.05, 4.69) is 10.1 Å². The highest BCUT2D eigenvalue weighted by molar-refractivity contribution is 5.78. The molecule has 0 aromatic heterocycles. The van der Waals surface area contributed by atoms with Crippen molar-refractivity contribution in [1.82, 2.24) is 5.32 Å². The number of carbonyl (C=O) groups excluding carboxylic acids is 2. The molecular weight excluding hydrogens is 286 g/mol. The van der Waals surface area contributed by atoms with Gasteiger partial charge in [-0.2, -0.15) is 0 Å². The maximum atomic E-state index is 11.6. The van der Waals surface area contributed by atoms with Crippen LogP contribution in [0, 0.1) is 0 Å². The molecule has 122 valence electrons. The van der Waals surface area contributed by atoms with Crippen LogP contribution in [-0.4, -0.2) is 76.2 Å². The van der Waals surface area contributed by atoms with Crippen molar-refractivity contribution in [2.75, 3.05) is 13.7 Å². The number of aliphatic hydroxyl groups is 4. The average molecular weight is 307 g/mol. The van der Waals surface area contributed by atoms with E-state index in [0.29, 0.717) is 0 Å². The van der Waals surface area contributed by atoms with Crippen molar-refractivity contribution in [3.8, 4) is 0 Å². The standard InChI is InChI=1S/C12H21NO8/c1-6(15)13-10-8(17)4-12(19,11(18)20-2)21-9(10)3-7(16)5-14/h7-10,14,16-17,19H,3-5H2,1-2H3,(H,13,15)/t7?,8-,9?,10?,12?/m1/s1. The molecule has 0 spiro atoms. The molecule has 1 rings (SSSR count). The molecule has 9 heteroatoms. The number of amides is 1. The molecule has 1 amide bonds. The number of hydrogen-bond donors (Lipinski definition) is 5. The number of esters is 1. The Morgan fingerprint density at radius 1 is 1.52 bits per heavy atom. The minimum Gasteiger partial charge on any atom is -0.465 e. The molecule has 1 heterocycles. The molecule has 0 aliphatic carbocycles. The fourth-order valence-corrected chi connectivity index (χ4v) is 2.28. The van der Waals surface area contributed by atoms with E-state index in [1.165, 1.54) is 6.92 Å². The number of nitrogens with one attached hydrogen (secondary N) is 1. The second-order valence-electron chi connectivity index (χ2n) is 5.00. The Hall–Kier alpha value is -1.26. The highest BCUT2D eigenvalue weighted by Crippen LogP contribution is 2.30. The molecule has 5 N–H and O–H groups in total. The summed E-state index contributed by atoms with van der Waals surface area (Å²) in [6, 6.07) is -0.936. The Morgan fingerprint density at radius 2 is 2.14 bits per heavy atom. The molecule has 4 unspecified atom stereocenters. The summed E-state index contributed by atoms with van der Waals surface area (Å²) in [4.78, 5) is 22.7. The molecule has 0 bridgehead atoms. The topological polar surface area (TPSA) is 146 Å². The van der Waals surface area contributed by atoms with E-state index in [1.807, 2.05) is 0 Å². The van der Waals surface area contributed by atoms with E-state index in [4.69, 9.17) is 9.84 Å². The Balaban J connectivity index is 2.96. The zero-order valence-corrected chi connectivity index (χ0v) is 11.9. The van der Waals surface area contributed by atoms with E-state index in [0.717, 1.165) is 7.11 Å². The predicted molar refractivity (Wildman–Crippen MR) is 67.8 cm³/mol. The molecule has 9 nitrogen and oxygen atoms in total. The summed E-state index contributed by atoms with van der Waals surface area (Å²) in [6.45, 7) is 0.659. The molecule has 1 saturated heterocycles. The van der Waals surface area contributed by atoms with Gasteiger partial charge in [-0.25, -0.2) is 4.79 Å². The van der Waals surface area contributed by atoms with Crippen LogP contribution in [0.1, 0.15) is 19.8 Å². The third-order valence-electron chi connectivity index (χ3n) is 3.24. The van der Waals surface area contributed by atoms with E-state index >= 15 is 0 Å². The van der Waals surface area contributed by atoms with Gasteiger partial charge < -0.3 is 35.2 Å². The first-order valence-electron chi connectivity index (χ1n) is 6.46. The van der Waals surface area contributed by atoms with Gasteiger partial charge in [-0.05, 0) is 0 Å². The lowest BCUT2D eigenvalue weighted by molar-refractivity contribution is -0.281. The van der Waals surface area contributed by atoms with Gasteiger partial charge in [-0.15, -0.1) is 0 Å². The fourth-order valence-electron chi connectivity index (χ4n) is 2.28. The minimum absolute atomic E-state index is 0.197. The summed E-state index contributed by atoms with van der Waals surface area (Å²) in [5.74, 6) is -3.91. The first kappa shape index (κ1) is 17.8. The zero-order valence-electron chi connectivity index (χ0n) is 11.9. The minimum atomic E-state index is -2.37. The summed E-state index contributed by atoms with van der Waals surface area (Å²) >= 11 is 0. The Bertz CT molecular complexity index is 389. The third-order valence-corrected chi connectivity index (χ3v) is 3.24. The lowest BCUT2D eigenvalue weighted by Gasteiger charge is -2.43. The molecule has 21 heavy (non-hydrogen) atoms. The number of ether oxygens (including phenoxy) is 2. The van der Waals surface area contributed by atoms with Gasteiger partial charge in [0, 0.05) is 19.8 Å². The number of carbonyl (C=O) groups is 2. The van der Waals surface area contributed by atoms with Gasteiger partial charge in [0.05, 0.1) is 38.1 Å². The molecule has 5 atom stereocenters. The third kappa shape index (κ3) is 4.35. The van der Waals surface area contributed by atoms with Crippen LogP contribution in [0.2, 0.25) is 0 Å². The molecule has 1 aliphatic rings. The number of hydrogen-bond acceptors (Lipinski definition) is 8. The molecule has 1 aliphatic heterocycles. The first-order chi connectivity index (χ1) is 9.73. The van der Waals surface area contributed by atoms with Gasteiger partial charge >= 0.3 is 5.97 Å². The van der Waals surface area contributed by atoms with Gasteiger partial charge in [-0.3, -0.25) is 4.79 Å². The first-order valence-corrected chi connectivity index (χ1v) is 6.46. The van der Waals surface area contributed by atoms with Crippen molar-refractivity contribution >= 4 is 11.9 Å². The van der Waals surface area contributed by atoms with Gasteiger partial charge in [0.1, 0.15) is 0 Å². The molecular formula is C12H21NO8. The smallest absolute Gasteiger partial charge is 0.366 e. The van der Waals surface area contributed by atoms with Crippen molar-refractivity contribution in [3.05, 3.63) is 0 Å². The molecule has 0 radical (unpaired) electrons. The Kier molecular flexibility index (Phi) is 6.05. The van der Waals surface area contributed by atoms with Crippen LogP contribution in [0.4, 0.5) is 0 Å². The number of methoxy groups -OCH3 is 1. The van der Waals surface area contributed by atoms with Gasteiger partial charge in [0.15, 0.2) is 0 Å². The molecule has 0 saturated carbocycles. The van der Waals surface area contributed by atoms with Crippen molar-refractivity contribution in [2.45, 2.75) is 49.9 Å². The summed E-state index contributed by atoms with van der Waals surface area (Å²) < 4.78 is 9.63. The van der Waals surface area contributed by atoms with E-state index < -0.39 is 55.0 Å². The molecule has 0 aromatic rings. The predicted octanol–water partition coefficient (Wildman–Crippen LogP) is -2.75. The zero-order chi connectivity index (χ0) is 16.2. The van der Waals surface area contributed by atoms with Crippen molar-refractivity contribution < 1.29 is 39.5 Å². The highest BCUT2D eigenvalue weighted by atomic mass is 16.7. The normalized spacial score (nSPS) is 34.1. The second kappa shape index (κ2) is 7.14. The van der Waals surface area contributed by atoms with Crippen molar-refractivity contribution in [3.63, 3.8) is 0 Å². The molecule has 0 aromatic carbocycles. The SMILES string of the molecule is COC(=O)C1(O)C[C@@H](O)C(NC(C)=O)C(CC(O)CO)O1. The number of rotatable bonds is 5. The highest BCUT2D eigenvalue weighted by Gasteiger charge is 2.51. The van der Waals surface area contributed by atoms with Gasteiger partial charge in [-0.1, -0.05) is 0 Å². The van der Waals surface area contributed by atoms with Crippen LogP contribution in [0.15, 0.2) is 0 Å². The Morgan fingerprint density at radius 3 is 2.62 bits per heavy atom. The lowest BCUT2D eigenvalue weighted by Crippen LogP contribution is -2.63. The molecule has 1 fully saturated rings. The van der Waals surface area contributed by atoms with Crippen LogP contribution in [-0.2, 0) is 19.1 Å². The van der Waals surface area contributed by atoms with Crippen LogP contribution in [0.3, 0.4) is 0 Å². The van der Waals surface area contributed by atoms with Crippen LogP contribution in [0.25, 0.3) is 0 Å². The van der Waals surface area contributed by atoms with Crippen LogP contribution in [0.5, 0.6) is 0 Å². The maximum absolute atomic E-state index is 11.6. The monoisotopic (exact) mass is 307 g/mol. The summed E-state index contributed by atoms with van der Waals surface area (Å²) in [7, 11) is 1.05. The van der Waals surface area contributed by atoms with Crippen LogP contribution >= 0.6 is 0 Å². The maximum Gasteiger partial charge on any atom is 0.366 e. The van der Waals surface area contributed by atoms with E-state index in [-0.39, 0.29) is 6.42 Å². The second-order valence-corrected chi connectivity index (χ2v) is 5.00. The Labute approximate surface area is 121 Å². The van der Waals surface area contributed by atoms with Crippen molar-refractivity contribution in [1.29, 1.82) is 0 Å². The van der Waals surface area contributed by atoms with Gasteiger partial charge in [0.2, 0.25) is 5.91 Å². The fraction of sp³-hybridized carbons (Fsp3) is 0.833. The van der Waals surface area contributed by atoms with Crippen molar-refractivity contribution in [2.24, 2.45) is 0 Å². The largest absolute Gasteiger partial charge is 0.465 e. The van der Waals surface area contributed by atoms with E-state index in [9.17, 15) is 24.9 Å². The lowest BCUT2D eigenvalue weighted by atomic mass is 9.90. The average Bonchev–Trinajstić information content (AvgIpc) is 2.41. The van der Waals surface area contributed by atoms with Crippen LogP contribution < -0.4 is 5.32 Å². The number of aliphatic hydroxyl groups excluding tert-OH is 3.